The van der Waals surface area contributed by atoms with Gasteiger partial charge < -0.3 is 15.2 Å². The standard InChI is InChI=1S/C17H19N3O7/c1-8(14-12(9(2)21)16(23)19-14)15(22)13(18)17(24)27-7-10-3-5-11(6-4-10)20(25)26/h3-6,8-9,12,14,18,21H,7H2,1-2H3,(H,19,23)/t8-,9-,12-,14-/m1/s1. The molecule has 1 saturated heterocycles. The zero-order valence-corrected chi connectivity index (χ0v) is 14.7. The normalized spacial score (nSPS) is 20.6. The summed E-state index contributed by atoms with van der Waals surface area (Å²) in [4.78, 5) is 45.7. The molecule has 1 aliphatic heterocycles. The van der Waals surface area contributed by atoms with Crippen molar-refractivity contribution in [1.29, 1.82) is 5.41 Å². The van der Waals surface area contributed by atoms with E-state index in [1.807, 2.05) is 0 Å². The first kappa shape index (κ1) is 20.2. The highest BCUT2D eigenvalue weighted by molar-refractivity contribution is 6.63. The number of nitro benzene ring substituents is 1. The van der Waals surface area contributed by atoms with E-state index in [0.29, 0.717) is 5.56 Å². The molecule has 1 amide bonds. The van der Waals surface area contributed by atoms with E-state index in [4.69, 9.17) is 10.1 Å². The molecule has 10 heteroatoms. The number of ketones is 1. The van der Waals surface area contributed by atoms with E-state index in [1.165, 1.54) is 38.1 Å². The number of benzene rings is 1. The van der Waals surface area contributed by atoms with E-state index in [9.17, 15) is 29.6 Å². The third kappa shape index (κ3) is 4.34. The number of aliphatic hydroxyl groups excluding tert-OH is 1. The zero-order chi connectivity index (χ0) is 20.3. The van der Waals surface area contributed by atoms with E-state index in [2.05, 4.69) is 5.32 Å². The van der Waals surface area contributed by atoms with Gasteiger partial charge in [-0.05, 0) is 24.6 Å². The maximum atomic E-state index is 12.3. The molecule has 144 valence electrons. The predicted molar refractivity (Wildman–Crippen MR) is 91.9 cm³/mol. The topological polar surface area (TPSA) is 160 Å². The average molecular weight is 377 g/mol. The number of aliphatic hydroxyl groups is 1. The molecule has 0 aromatic heterocycles. The third-order valence-corrected chi connectivity index (χ3v) is 4.44. The highest BCUT2D eigenvalue weighted by Gasteiger charge is 2.48. The van der Waals surface area contributed by atoms with Crippen LogP contribution in [0.5, 0.6) is 0 Å². The summed E-state index contributed by atoms with van der Waals surface area (Å²) >= 11 is 0. The summed E-state index contributed by atoms with van der Waals surface area (Å²) < 4.78 is 4.90. The number of nitrogens with zero attached hydrogens (tertiary/aromatic N) is 1. The van der Waals surface area contributed by atoms with Crippen LogP contribution in [0.25, 0.3) is 0 Å². The molecule has 0 bridgehead atoms. The molecule has 27 heavy (non-hydrogen) atoms. The number of amides is 1. The number of nitrogens with one attached hydrogen (secondary N) is 2. The summed E-state index contributed by atoms with van der Waals surface area (Å²) in [5.74, 6) is -3.97. The van der Waals surface area contributed by atoms with E-state index in [-0.39, 0.29) is 18.2 Å². The smallest absolute Gasteiger partial charge is 0.360 e. The van der Waals surface area contributed by atoms with Crippen molar-refractivity contribution in [2.75, 3.05) is 0 Å². The lowest BCUT2D eigenvalue weighted by molar-refractivity contribution is -0.384. The predicted octanol–water partition coefficient (Wildman–Crippen LogP) is 0.358. The van der Waals surface area contributed by atoms with Gasteiger partial charge in [-0.2, -0.15) is 0 Å². The van der Waals surface area contributed by atoms with Crippen LogP contribution in [0.3, 0.4) is 0 Å². The Bertz CT molecular complexity index is 788. The van der Waals surface area contributed by atoms with Crippen LogP contribution in [-0.2, 0) is 25.7 Å². The number of Topliss-reactive ketones (excluding diaryl/α,β-unsaturated/α-hetero) is 1. The van der Waals surface area contributed by atoms with Crippen molar-refractivity contribution in [2.24, 2.45) is 11.8 Å². The zero-order valence-electron chi connectivity index (χ0n) is 14.7. The number of β-lactam (4-membered cyclic amide) rings is 1. The van der Waals surface area contributed by atoms with Crippen LogP contribution in [0.15, 0.2) is 24.3 Å². The lowest BCUT2D eigenvalue weighted by Crippen LogP contribution is -2.65. The van der Waals surface area contributed by atoms with Gasteiger partial charge in [-0.15, -0.1) is 0 Å². The van der Waals surface area contributed by atoms with Gasteiger partial charge in [0.05, 0.1) is 23.0 Å². The van der Waals surface area contributed by atoms with E-state index < -0.39 is 46.4 Å². The van der Waals surface area contributed by atoms with Gasteiger partial charge in [-0.25, -0.2) is 4.79 Å². The molecule has 2 rings (SSSR count). The Hall–Kier alpha value is -3.14. The minimum atomic E-state index is -1.13. The summed E-state index contributed by atoms with van der Waals surface area (Å²) in [6.07, 6.45) is -0.956. The second kappa shape index (κ2) is 8.04. The Morgan fingerprint density at radius 2 is 1.93 bits per heavy atom. The molecule has 0 radical (unpaired) electrons. The fourth-order valence-electron chi connectivity index (χ4n) is 2.80. The molecule has 0 aliphatic carbocycles. The van der Waals surface area contributed by atoms with E-state index in [0.717, 1.165) is 0 Å². The van der Waals surface area contributed by atoms with Gasteiger partial charge in [0, 0.05) is 18.1 Å². The van der Waals surface area contributed by atoms with Crippen molar-refractivity contribution in [3.8, 4) is 0 Å². The highest BCUT2D eigenvalue weighted by Crippen LogP contribution is 2.26. The maximum Gasteiger partial charge on any atom is 0.360 e. The second-order valence-electron chi connectivity index (χ2n) is 6.33. The molecule has 1 heterocycles. The van der Waals surface area contributed by atoms with Gasteiger partial charge in [0.25, 0.3) is 5.69 Å². The van der Waals surface area contributed by atoms with Crippen molar-refractivity contribution in [1.82, 2.24) is 5.32 Å². The Morgan fingerprint density at radius 1 is 1.33 bits per heavy atom. The number of hydrogen-bond acceptors (Lipinski definition) is 8. The number of carbonyl (C=O) groups excluding carboxylic acids is 3. The lowest BCUT2D eigenvalue weighted by Gasteiger charge is -2.41. The maximum absolute atomic E-state index is 12.3. The Kier molecular flexibility index (Phi) is 6.01. The first-order valence-electron chi connectivity index (χ1n) is 8.15. The number of esters is 1. The molecule has 1 aromatic carbocycles. The highest BCUT2D eigenvalue weighted by atomic mass is 16.6. The number of carbonyl (C=O) groups is 3. The summed E-state index contributed by atoms with van der Waals surface area (Å²) in [7, 11) is 0. The number of hydrogen-bond donors (Lipinski definition) is 3. The molecular weight excluding hydrogens is 358 g/mol. The second-order valence-corrected chi connectivity index (χ2v) is 6.33. The van der Waals surface area contributed by atoms with Crippen LogP contribution < -0.4 is 5.32 Å². The van der Waals surface area contributed by atoms with Crippen molar-refractivity contribution in [2.45, 2.75) is 32.6 Å². The Labute approximate surface area is 154 Å². The first-order valence-corrected chi connectivity index (χ1v) is 8.15. The number of rotatable bonds is 8. The van der Waals surface area contributed by atoms with Gasteiger partial charge in [0.15, 0.2) is 11.5 Å². The largest absolute Gasteiger partial charge is 0.456 e. The van der Waals surface area contributed by atoms with Crippen molar-refractivity contribution < 1.29 is 29.2 Å². The van der Waals surface area contributed by atoms with Gasteiger partial charge in [-0.3, -0.25) is 25.1 Å². The van der Waals surface area contributed by atoms with Crippen LogP contribution in [0.2, 0.25) is 0 Å². The fourth-order valence-corrected chi connectivity index (χ4v) is 2.80. The molecule has 1 aliphatic rings. The van der Waals surface area contributed by atoms with Crippen LogP contribution in [-0.4, -0.2) is 45.5 Å². The molecule has 4 atom stereocenters. The molecule has 0 spiro atoms. The number of nitro groups is 1. The molecule has 0 saturated carbocycles. The number of non-ortho nitro benzene ring substituents is 1. The quantitative estimate of drug-likeness (QED) is 0.147. The molecule has 1 fully saturated rings. The summed E-state index contributed by atoms with van der Waals surface area (Å²) in [6, 6.07) is 4.63. The lowest BCUT2D eigenvalue weighted by atomic mass is 9.76. The fraction of sp³-hybridized carbons (Fsp3) is 0.412. The molecule has 0 unspecified atom stereocenters. The van der Waals surface area contributed by atoms with Gasteiger partial charge in [0.2, 0.25) is 5.91 Å². The van der Waals surface area contributed by atoms with E-state index in [1.54, 1.807) is 0 Å². The molecule has 10 nitrogen and oxygen atoms in total. The Balaban J connectivity index is 1.92. The number of ether oxygens (including phenoxy) is 1. The van der Waals surface area contributed by atoms with Crippen molar-refractivity contribution in [3.05, 3.63) is 39.9 Å². The van der Waals surface area contributed by atoms with Gasteiger partial charge in [-0.1, -0.05) is 6.92 Å². The van der Waals surface area contributed by atoms with Crippen LogP contribution >= 0.6 is 0 Å². The summed E-state index contributed by atoms with van der Waals surface area (Å²) in [6.45, 7) is 2.63. The van der Waals surface area contributed by atoms with Crippen LogP contribution in [0.4, 0.5) is 5.69 Å². The summed E-state index contributed by atoms with van der Waals surface area (Å²) in [5.41, 5.74) is -0.519. The molecule has 3 N–H and O–H groups in total. The van der Waals surface area contributed by atoms with Crippen molar-refractivity contribution >= 4 is 29.1 Å². The molecule has 1 aromatic rings. The minimum Gasteiger partial charge on any atom is -0.456 e. The van der Waals surface area contributed by atoms with Gasteiger partial charge >= 0.3 is 5.97 Å². The summed E-state index contributed by atoms with van der Waals surface area (Å²) in [5, 5.41) is 30.4. The van der Waals surface area contributed by atoms with Crippen LogP contribution in [0.1, 0.15) is 19.4 Å². The molecular formula is C17H19N3O7. The van der Waals surface area contributed by atoms with E-state index >= 15 is 0 Å². The Morgan fingerprint density at radius 3 is 2.41 bits per heavy atom. The first-order chi connectivity index (χ1) is 12.6. The van der Waals surface area contributed by atoms with Gasteiger partial charge in [0.1, 0.15) is 6.61 Å². The van der Waals surface area contributed by atoms with Crippen molar-refractivity contribution in [3.63, 3.8) is 0 Å². The minimum absolute atomic E-state index is 0.114. The van der Waals surface area contributed by atoms with Crippen LogP contribution in [0, 0.1) is 27.4 Å². The SMILES string of the molecule is C[C@@H](O)[C@H]1C(=O)N[C@@H]1[C@@H](C)C(=O)C(=N)C(=O)OCc1ccc([N+](=O)[O-])cc1. The average Bonchev–Trinajstić information content (AvgIpc) is 2.61. The third-order valence-electron chi connectivity index (χ3n) is 4.44. The monoisotopic (exact) mass is 377 g/mol.